The third-order valence-electron chi connectivity index (χ3n) is 7.03. The number of carbonyl (C=O) groups excluding carboxylic acids is 2. The number of allylic oxidation sites excluding steroid dienone is 1. The van der Waals surface area contributed by atoms with E-state index in [1.54, 1.807) is 12.1 Å². The Labute approximate surface area is 245 Å². The maximum Gasteiger partial charge on any atom is 0.416 e. The number of aliphatic hydroxyl groups is 1. The molecule has 0 saturated carbocycles. The molecular weight excluding hydrogens is 567 g/mol. The van der Waals surface area contributed by atoms with Gasteiger partial charge in [0.15, 0.2) is 17.3 Å². The highest BCUT2D eigenvalue weighted by molar-refractivity contribution is 6.00. The molecule has 3 aromatic rings. The maximum absolute atomic E-state index is 13.6. The predicted octanol–water partition coefficient (Wildman–Crippen LogP) is 6.42. The van der Waals surface area contributed by atoms with Gasteiger partial charge in [-0.3, -0.25) is 4.79 Å². The van der Waals surface area contributed by atoms with Gasteiger partial charge in [0.05, 0.1) is 50.1 Å². The van der Waals surface area contributed by atoms with Crippen molar-refractivity contribution >= 4 is 17.5 Å². The molecule has 3 aromatic carbocycles. The van der Waals surface area contributed by atoms with Crippen LogP contribution in [-0.4, -0.2) is 38.3 Å². The van der Waals surface area contributed by atoms with E-state index in [-0.39, 0.29) is 29.9 Å². The van der Waals surface area contributed by atoms with Gasteiger partial charge >= 0.3 is 12.2 Å². The van der Waals surface area contributed by atoms with Crippen molar-refractivity contribution < 1.29 is 42.1 Å². The Morgan fingerprint density at radius 1 is 1.00 bits per heavy atom. The fourth-order valence-corrected chi connectivity index (χ4v) is 4.95. The number of amides is 2. The van der Waals surface area contributed by atoms with Gasteiger partial charge in [0.25, 0.3) is 0 Å². The van der Waals surface area contributed by atoms with E-state index < -0.39 is 35.5 Å². The fourth-order valence-electron chi connectivity index (χ4n) is 4.95. The average molecular weight is 596 g/mol. The molecule has 0 fully saturated rings. The molecule has 4 rings (SSSR count). The SMILES string of the molecule is COc1cc(C2CC(=O)C(C(NC(=O)Nc3cccc(C(F)(F)F)c3)c3ccc(C#N)cc3)=C(O)C2)cc(OC)c1OC. The molecule has 0 heterocycles. The van der Waals surface area contributed by atoms with Crippen molar-refractivity contribution in [3.8, 4) is 23.3 Å². The molecule has 1 aliphatic carbocycles. The van der Waals surface area contributed by atoms with E-state index >= 15 is 0 Å². The standard InChI is InChI=1S/C31H28F3N3O6/c1-41-25-13-20(14-26(42-2)29(25)43-3)19-11-23(38)27(24(39)12-19)28(18-9-7-17(16-35)8-10-18)37-30(40)36-22-6-4-5-21(15-22)31(32,33)34/h4-10,13-15,19,28,38H,11-12H2,1-3H3,(H2,36,37,40). The van der Waals surface area contributed by atoms with E-state index in [2.05, 4.69) is 10.6 Å². The van der Waals surface area contributed by atoms with Crippen molar-refractivity contribution in [3.05, 3.63) is 94.2 Å². The number of anilines is 1. The van der Waals surface area contributed by atoms with Gasteiger partial charge in [-0.05, 0) is 59.5 Å². The van der Waals surface area contributed by atoms with E-state index in [0.29, 0.717) is 33.9 Å². The molecule has 0 bridgehead atoms. The lowest BCUT2D eigenvalue weighted by atomic mass is 9.79. The van der Waals surface area contributed by atoms with Gasteiger partial charge in [0, 0.05) is 18.5 Å². The smallest absolute Gasteiger partial charge is 0.416 e. The number of carbonyl (C=O) groups is 2. The van der Waals surface area contributed by atoms with Gasteiger partial charge in [-0.15, -0.1) is 0 Å². The van der Waals surface area contributed by atoms with Crippen LogP contribution in [0.2, 0.25) is 0 Å². The van der Waals surface area contributed by atoms with E-state index in [0.717, 1.165) is 18.2 Å². The summed E-state index contributed by atoms with van der Waals surface area (Å²) in [7, 11) is 4.38. The normalized spacial score (nSPS) is 15.7. The molecule has 2 amide bonds. The molecule has 3 N–H and O–H groups in total. The van der Waals surface area contributed by atoms with Crippen LogP contribution in [-0.2, 0) is 11.0 Å². The number of nitriles is 1. The number of aliphatic hydroxyl groups excluding tert-OH is 1. The van der Waals surface area contributed by atoms with Gasteiger partial charge in [0.1, 0.15) is 5.76 Å². The summed E-state index contributed by atoms with van der Waals surface area (Å²) in [5.41, 5.74) is 0.202. The zero-order chi connectivity index (χ0) is 31.3. The van der Waals surface area contributed by atoms with Crippen LogP contribution in [0.25, 0.3) is 0 Å². The molecule has 0 spiro atoms. The molecule has 2 atom stereocenters. The van der Waals surface area contributed by atoms with E-state index in [4.69, 9.17) is 14.2 Å². The monoisotopic (exact) mass is 595 g/mol. The lowest BCUT2D eigenvalue weighted by molar-refractivity contribution is -0.137. The van der Waals surface area contributed by atoms with Gasteiger partial charge in [0.2, 0.25) is 5.75 Å². The third kappa shape index (κ3) is 6.83. The van der Waals surface area contributed by atoms with Crippen molar-refractivity contribution in [2.45, 2.75) is 31.0 Å². The second kappa shape index (κ2) is 12.8. The van der Waals surface area contributed by atoms with Crippen LogP contribution in [0.3, 0.4) is 0 Å². The van der Waals surface area contributed by atoms with Crippen molar-refractivity contribution in [1.29, 1.82) is 5.26 Å². The lowest BCUT2D eigenvalue weighted by Crippen LogP contribution is -2.37. The summed E-state index contributed by atoms with van der Waals surface area (Å²) < 4.78 is 55.7. The topological polar surface area (TPSA) is 130 Å². The number of methoxy groups -OCH3 is 3. The van der Waals surface area contributed by atoms with Crippen LogP contribution in [0.1, 0.15) is 47.1 Å². The zero-order valence-corrected chi connectivity index (χ0v) is 23.4. The van der Waals surface area contributed by atoms with Gasteiger partial charge in [-0.1, -0.05) is 18.2 Å². The predicted molar refractivity (Wildman–Crippen MR) is 150 cm³/mol. The number of urea groups is 1. The Bertz CT molecular complexity index is 1570. The number of hydrogen-bond donors (Lipinski definition) is 3. The second-order valence-corrected chi connectivity index (χ2v) is 9.69. The summed E-state index contributed by atoms with van der Waals surface area (Å²) >= 11 is 0. The maximum atomic E-state index is 13.6. The van der Waals surface area contributed by atoms with Gasteiger partial charge < -0.3 is 30.0 Å². The Balaban J connectivity index is 1.67. The van der Waals surface area contributed by atoms with Crippen LogP contribution in [0, 0.1) is 11.3 Å². The molecule has 12 heteroatoms. The minimum Gasteiger partial charge on any atom is -0.512 e. The third-order valence-corrected chi connectivity index (χ3v) is 7.03. The minimum absolute atomic E-state index is 0.0312. The summed E-state index contributed by atoms with van der Waals surface area (Å²) in [5, 5.41) is 25.4. The highest BCUT2D eigenvalue weighted by Crippen LogP contribution is 2.44. The van der Waals surface area contributed by atoms with Crippen molar-refractivity contribution in [2.75, 3.05) is 26.6 Å². The fraction of sp³-hybridized carbons (Fsp3) is 0.258. The van der Waals surface area contributed by atoms with E-state index in [1.165, 1.54) is 51.7 Å². The zero-order valence-electron chi connectivity index (χ0n) is 23.4. The van der Waals surface area contributed by atoms with Gasteiger partial charge in [-0.2, -0.15) is 18.4 Å². The number of nitrogens with one attached hydrogen (secondary N) is 2. The molecule has 1 aliphatic rings. The highest BCUT2D eigenvalue weighted by atomic mass is 19.4. The van der Waals surface area contributed by atoms with E-state index in [1.807, 2.05) is 6.07 Å². The van der Waals surface area contributed by atoms with Gasteiger partial charge in [-0.25, -0.2) is 4.79 Å². The van der Waals surface area contributed by atoms with Crippen molar-refractivity contribution in [1.82, 2.24) is 5.32 Å². The average Bonchev–Trinajstić information content (AvgIpc) is 2.99. The summed E-state index contributed by atoms with van der Waals surface area (Å²) in [6.45, 7) is 0. The molecule has 43 heavy (non-hydrogen) atoms. The Hall–Kier alpha value is -5.18. The number of benzene rings is 3. The summed E-state index contributed by atoms with van der Waals surface area (Å²) in [5.74, 6) is -0.0809. The van der Waals surface area contributed by atoms with Crippen LogP contribution in [0.4, 0.5) is 23.7 Å². The quantitative estimate of drug-likeness (QED) is 0.274. The van der Waals surface area contributed by atoms with Crippen LogP contribution < -0.4 is 24.8 Å². The van der Waals surface area contributed by atoms with E-state index in [9.17, 15) is 33.1 Å². The summed E-state index contributed by atoms with van der Waals surface area (Å²) in [6, 6.07) is 13.4. The summed E-state index contributed by atoms with van der Waals surface area (Å²) in [4.78, 5) is 26.6. The Morgan fingerprint density at radius 2 is 1.65 bits per heavy atom. The molecule has 0 radical (unpaired) electrons. The number of ketones is 1. The second-order valence-electron chi connectivity index (χ2n) is 9.69. The first-order valence-electron chi connectivity index (χ1n) is 13.0. The number of halogens is 3. The Morgan fingerprint density at radius 3 is 2.19 bits per heavy atom. The van der Waals surface area contributed by atoms with Crippen LogP contribution in [0.5, 0.6) is 17.2 Å². The van der Waals surface area contributed by atoms with Crippen LogP contribution >= 0.6 is 0 Å². The number of Topliss-reactive ketones (excluding diaryl/α,β-unsaturated/α-hetero) is 1. The first-order chi connectivity index (χ1) is 20.5. The molecule has 224 valence electrons. The number of rotatable bonds is 8. The largest absolute Gasteiger partial charge is 0.512 e. The number of hydrogen-bond acceptors (Lipinski definition) is 7. The minimum atomic E-state index is -4.61. The highest BCUT2D eigenvalue weighted by Gasteiger charge is 2.36. The molecule has 2 unspecified atom stereocenters. The number of ether oxygens (including phenoxy) is 3. The van der Waals surface area contributed by atoms with Crippen LogP contribution in [0.15, 0.2) is 72.0 Å². The van der Waals surface area contributed by atoms with Crippen molar-refractivity contribution in [3.63, 3.8) is 0 Å². The summed E-state index contributed by atoms with van der Waals surface area (Å²) in [6.07, 6.45) is -4.62. The molecule has 0 saturated heterocycles. The first kappa shape index (κ1) is 30.8. The molecule has 9 nitrogen and oxygen atoms in total. The molecule has 0 aromatic heterocycles. The Kier molecular flexibility index (Phi) is 9.14. The molecular formula is C31H28F3N3O6. The lowest BCUT2D eigenvalue weighted by Gasteiger charge is -2.29. The first-order valence-corrected chi connectivity index (χ1v) is 13.0. The number of nitrogens with zero attached hydrogens (tertiary/aromatic N) is 1. The molecule has 0 aliphatic heterocycles. The van der Waals surface area contributed by atoms with Crippen molar-refractivity contribution in [2.24, 2.45) is 0 Å². The number of alkyl halides is 3.